The van der Waals surface area contributed by atoms with Crippen LogP contribution in [0.4, 0.5) is 0 Å². The van der Waals surface area contributed by atoms with Gasteiger partial charge < -0.3 is 8.98 Å². The molecule has 0 bridgehead atoms. The molecule has 1 aliphatic carbocycles. The lowest BCUT2D eigenvalue weighted by Crippen LogP contribution is -1.95. The zero-order valence-electron chi connectivity index (χ0n) is 25.9. The maximum atomic E-state index is 6.16. The van der Waals surface area contributed by atoms with Crippen LogP contribution in [-0.2, 0) is 0 Å². The third-order valence-corrected chi connectivity index (χ3v) is 10.3. The summed E-state index contributed by atoms with van der Waals surface area (Å²) >= 11 is 0. The third kappa shape index (κ3) is 3.52. The highest BCUT2D eigenvalue weighted by molar-refractivity contribution is 6.29. The minimum Gasteiger partial charge on any atom is -0.456 e. The smallest absolute Gasteiger partial charge is 0.135 e. The van der Waals surface area contributed by atoms with Gasteiger partial charge in [0.15, 0.2) is 0 Å². The number of aromatic nitrogens is 1. The molecule has 0 fully saturated rings. The molecule has 222 valence electrons. The number of furan rings is 1. The summed E-state index contributed by atoms with van der Waals surface area (Å²) in [5.41, 5.74) is 15.5. The largest absolute Gasteiger partial charge is 0.456 e. The summed E-state index contributed by atoms with van der Waals surface area (Å²) in [5, 5.41) is 7.48. The molecule has 1 aliphatic rings. The van der Waals surface area contributed by atoms with E-state index in [4.69, 9.17) is 4.42 Å². The molecule has 0 saturated carbocycles. The van der Waals surface area contributed by atoms with Gasteiger partial charge in [-0.05, 0) is 104 Å². The Labute approximate surface area is 276 Å². The summed E-state index contributed by atoms with van der Waals surface area (Å²) in [7, 11) is 0. The molecule has 2 nitrogen and oxygen atoms in total. The van der Waals surface area contributed by atoms with Gasteiger partial charge in [0.05, 0.1) is 11.0 Å². The molecule has 8 aromatic carbocycles. The second kappa shape index (κ2) is 9.57. The lowest BCUT2D eigenvalue weighted by molar-refractivity contribution is 0.669. The lowest BCUT2D eigenvalue weighted by atomic mass is 9.96. The van der Waals surface area contributed by atoms with Crippen molar-refractivity contribution < 1.29 is 4.42 Å². The molecule has 0 radical (unpaired) electrons. The second-order valence-corrected chi connectivity index (χ2v) is 12.9. The molecule has 2 heteroatoms. The Balaban J connectivity index is 1.23. The summed E-state index contributed by atoms with van der Waals surface area (Å²) in [6.07, 6.45) is 0. The van der Waals surface area contributed by atoms with Crippen LogP contribution in [0.2, 0.25) is 0 Å². The predicted octanol–water partition coefficient (Wildman–Crippen LogP) is 12.8. The van der Waals surface area contributed by atoms with Crippen LogP contribution in [0.5, 0.6) is 0 Å². The van der Waals surface area contributed by atoms with Gasteiger partial charge in [-0.2, -0.15) is 0 Å². The fraction of sp³-hybridized carbons (Fsp3) is 0. The number of hydrogen-bond acceptors (Lipinski definition) is 1. The van der Waals surface area contributed by atoms with Crippen LogP contribution in [0.1, 0.15) is 0 Å². The van der Waals surface area contributed by atoms with E-state index in [1.807, 2.05) is 12.1 Å². The Bertz CT molecular complexity index is 2940. The molecule has 0 N–H and O–H groups in total. The quantitative estimate of drug-likeness (QED) is 0.195. The fourth-order valence-electron chi connectivity index (χ4n) is 8.20. The van der Waals surface area contributed by atoms with Crippen molar-refractivity contribution >= 4 is 54.5 Å². The van der Waals surface area contributed by atoms with Crippen LogP contribution in [0.3, 0.4) is 0 Å². The number of para-hydroxylation sites is 1. The lowest BCUT2D eigenvalue weighted by Gasteiger charge is -2.12. The van der Waals surface area contributed by atoms with Crippen molar-refractivity contribution in [3.63, 3.8) is 0 Å². The van der Waals surface area contributed by atoms with E-state index < -0.39 is 0 Å². The highest BCUT2D eigenvalue weighted by atomic mass is 16.3. The molecule has 0 spiro atoms. The molecule has 0 unspecified atom stereocenters. The summed E-state index contributed by atoms with van der Waals surface area (Å²) < 4.78 is 8.63. The van der Waals surface area contributed by atoms with Gasteiger partial charge in [0.25, 0.3) is 0 Å². The summed E-state index contributed by atoms with van der Waals surface area (Å²) in [6, 6.07) is 59.6. The first-order valence-electron chi connectivity index (χ1n) is 16.5. The first kappa shape index (κ1) is 25.8. The maximum absolute atomic E-state index is 6.16. The maximum Gasteiger partial charge on any atom is 0.135 e. The molecule has 2 heterocycles. The molecule has 2 aromatic heterocycles. The number of fused-ring (bicyclic) bond motifs is 10. The first-order chi connectivity index (χ1) is 23.8. The number of hydrogen-bond donors (Lipinski definition) is 0. The third-order valence-electron chi connectivity index (χ3n) is 10.3. The van der Waals surface area contributed by atoms with Crippen molar-refractivity contribution in [3.05, 3.63) is 164 Å². The van der Waals surface area contributed by atoms with Gasteiger partial charge >= 0.3 is 0 Å². The first-order valence-corrected chi connectivity index (χ1v) is 16.5. The molecule has 10 aromatic rings. The monoisotopic (exact) mass is 609 g/mol. The van der Waals surface area contributed by atoms with Crippen LogP contribution in [0.15, 0.2) is 168 Å². The van der Waals surface area contributed by atoms with Gasteiger partial charge in [0.1, 0.15) is 11.2 Å². The van der Waals surface area contributed by atoms with Crippen molar-refractivity contribution in [2.45, 2.75) is 0 Å². The van der Waals surface area contributed by atoms with E-state index in [1.54, 1.807) is 0 Å². The van der Waals surface area contributed by atoms with Gasteiger partial charge in [-0.3, -0.25) is 0 Å². The van der Waals surface area contributed by atoms with Crippen molar-refractivity contribution in [3.8, 4) is 50.2 Å². The van der Waals surface area contributed by atoms with E-state index in [2.05, 4.69) is 156 Å². The van der Waals surface area contributed by atoms with Crippen molar-refractivity contribution in [2.75, 3.05) is 0 Å². The minimum absolute atomic E-state index is 0.917. The van der Waals surface area contributed by atoms with E-state index in [0.29, 0.717) is 0 Å². The number of benzene rings is 8. The Kier molecular flexibility index (Phi) is 5.14. The Morgan fingerprint density at radius 2 is 0.979 bits per heavy atom. The van der Waals surface area contributed by atoms with Crippen LogP contribution >= 0.6 is 0 Å². The molecular formula is C46H27NO. The second-order valence-electron chi connectivity index (χ2n) is 12.9. The SMILES string of the molecule is c1ccc(-c2cccc(-n3c4ccc(-c5ccc6oc7ccccc7c6c5)cc4c4c5cccc6c5c(cc43)-c3ccccc3-6)c2)cc1. The zero-order valence-corrected chi connectivity index (χ0v) is 25.9. The topological polar surface area (TPSA) is 18.1 Å². The Morgan fingerprint density at radius 3 is 1.88 bits per heavy atom. The van der Waals surface area contributed by atoms with Gasteiger partial charge in [-0.15, -0.1) is 0 Å². The molecule has 0 amide bonds. The Hall–Kier alpha value is -6.38. The van der Waals surface area contributed by atoms with Crippen molar-refractivity contribution in [2.24, 2.45) is 0 Å². The number of rotatable bonds is 3. The van der Waals surface area contributed by atoms with Crippen molar-refractivity contribution in [1.82, 2.24) is 4.57 Å². The summed E-state index contributed by atoms with van der Waals surface area (Å²) in [5.74, 6) is 0. The highest BCUT2D eigenvalue weighted by Gasteiger charge is 2.25. The minimum atomic E-state index is 0.917. The molecular weight excluding hydrogens is 583 g/mol. The van der Waals surface area contributed by atoms with Crippen LogP contribution < -0.4 is 0 Å². The standard InChI is InChI=1S/C46H27NO/c1-2-10-28(11-3-1)29-12-8-13-32(24-29)47-41-22-20-30(31-21-23-44-38(25-31)35-16-6-7-19-43(35)48-44)26-40(41)46-37-18-9-17-36-33-14-4-5-15-34(33)39(45(36)37)27-42(46)47/h1-27H. The van der Waals surface area contributed by atoms with E-state index >= 15 is 0 Å². The summed E-state index contributed by atoms with van der Waals surface area (Å²) in [6.45, 7) is 0. The van der Waals surface area contributed by atoms with E-state index in [9.17, 15) is 0 Å². The van der Waals surface area contributed by atoms with Crippen LogP contribution in [0.25, 0.3) is 105 Å². The van der Waals surface area contributed by atoms with Gasteiger partial charge in [-0.25, -0.2) is 0 Å². The Morgan fingerprint density at radius 1 is 0.333 bits per heavy atom. The molecule has 48 heavy (non-hydrogen) atoms. The van der Waals surface area contributed by atoms with E-state index in [1.165, 1.54) is 77.1 Å². The van der Waals surface area contributed by atoms with E-state index in [0.717, 1.165) is 27.6 Å². The van der Waals surface area contributed by atoms with E-state index in [-0.39, 0.29) is 0 Å². The van der Waals surface area contributed by atoms with Gasteiger partial charge in [0.2, 0.25) is 0 Å². The van der Waals surface area contributed by atoms with Gasteiger partial charge in [0, 0.05) is 27.2 Å². The highest BCUT2D eigenvalue weighted by Crippen LogP contribution is 2.51. The normalized spacial score (nSPS) is 12.2. The molecule has 11 rings (SSSR count). The van der Waals surface area contributed by atoms with Crippen LogP contribution in [-0.4, -0.2) is 4.57 Å². The average Bonchev–Trinajstić information content (AvgIpc) is 3.80. The molecule has 0 aliphatic heterocycles. The van der Waals surface area contributed by atoms with Gasteiger partial charge in [-0.1, -0.05) is 115 Å². The summed E-state index contributed by atoms with van der Waals surface area (Å²) in [4.78, 5) is 0. The predicted molar refractivity (Wildman–Crippen MR) is 201 cm³/mol. The van der Waals surface area contributed by atoms with Crippen LogP contribution in [0, 0.1) is 0 Å². The molecule has 0 atom stereocenters. The zero-order chi connectivity index (χ0) is 31.3. The fourth-order valence-corrected chi connectivity index (χ4v) is 8.20. The number of nitrogens with zero attached hydrogens (tertiary/aromatic N) is 1. The van der Waals surface area contributed by atoms with Crippen molar-refractivity contribution in [1.29, 1.82) is 0 Å². The average molecular weight is 610 g/mol. The molecule has 0 saturated heterocycles.